The van der Waals surface area contributed by atoms with Gasteiger partial charge in [-0.25, -0.2) is 0 Å². The van der Waals surface area contributed by atoms with Crippen LogP contribution in [0.15, 0.2) is 0 Å². The number of aliphatic carboxylic acids is 2. The second-order valence-corrected chi connectivity index (χ2v) is 19.3. The summed E-state index contributed by atoms with van der Waals surface area (Å²) in [5.41, 5.74) is 0. The number of unbranched alkanes of at least 4 members (excludes halogenated alkanes) is 28. The Labute approximate surface area is 428 Å². The summed E-state index contributed by atoms with van der Waals surface area (Å²) in [5.74, 6) is -8.78. The van der Waals surface area contributed by atoms with Gasteiger partial charge in [-0.1, -0.05) is 194 Å². The summed E-state index contributed by atoms with van der Waals surface area (Å²) in [7, 11) is -10.0. The molecule has 16 nitrogen and oxygen atoms in total. The van der Waals surface area contributed by atoms with Gasteiger partial charge in [0.05, 0.1) is 0 Å². The summed E-state index contributed by atoms with van der Waals surface area (Å²) in [6.07, 6.45) is 32.4. The summed E-state index contributed by atoms with van der Waals surface area (Å²) in [5, 5.41) is 16.3. The molecule has 2 unspecified atom stereocenters. The van der Waals surface area contributed by atoms with Crippen molar-refractivity contribution < 1.29 is 134 Å². The molecule has 0 bridgehead atoms. The molecule has 0 amide bonds. The van der Waals surface area contributed by atoms with Gasteiger partial charge in [-0.05, 0) is 12.8 Å². The van der Waals surface area contributed by atoms with Gasteiger partial charge < -0.3 is 29.3 Å². The number of carboxylic acid groups (broad SMARTS) is 2. The monoisotopic (exact) mass is 972 g/mol. The van der Waals surface area contributed by atoms with Crippen LogP contribution in [0, 0.1) is 0 Å². The zero-order valence-electron chi connectivity index (χ0n) is 39.6. The minimum absolute atomic E-state index is 0. The zero-order valence-corrected chi connectivity index (χ0v) is 45.3. The number of carboxylic acids is 2. The number of hydrogen-bond acceptors (Lipinski definition) is 14. The Bertz CT molecular complexity index is 1350. The first-order valence-corrected chi connectivity index (χ1v) is 26.2. The molecule has 0 fully saturated rings. The van der Waals surface area contributed by atoms with E-state index in [-0.39, 0.29) is 72.0 Å². The Kier molecular flexibility index (Phi) is 49.8. The molecule has 0 saturated carbocycles. The summed E-state index contributed by atoms with van der Waals surface area (Å²) >= 11 is 0. The number of carbonyl (C=O) groups excluding carboxylic acids is 6. The van der Waals surface area contributed by atoms with Gasteiger partial charge in [0.2, 0.25) is 0 Å². The van der Waals surface area contributed by atoms with Crippen LogP contribution >= 0.6 is 0 Å². The van der Waals surface area contributed by atoms with Gasteiger partial charge in [0.15, 0.2) is 10.5 Å². The maximum absolute atomic E-state index is 11.6. The molecule has 0 radical (unpaired) electrons. The van der Waals surface area contributed by atoms with Crippen LogP contribution in [0.3, 0.4) is 0 Å². The maximum Gasteiger partial charge on any atom is 1.00 e. The van der Waals surface area contributed by atoms with Gasteiger partial charge in [0.1, 0.15) is 0 Å². The molecule has 2 atom stereocenters. The number of esters is 4. The molecule has 0 saturated heterocycles. The quantitative estimate of drug-likeness (QED) is 0.0289. The Morgan fingerprint density at radius 2 is 0.578 bits per heavy atom. The van der Waals surface area contributed by atoms with Gasteiger partial charge >= 0.3 is 83.0 Å². The van der Waals surface area contributed by atoms with Crippen molar-refractivity contribution >= 4 is 56.1 Å². The van der Waals surface area contributed by atoms with Crippen LogP contribution in [0.1, 0.15) is 232 Å². The molecule has 0 aliphatic heterocycles. The van der Waals surface area contributed by atoms with Crippen molar-refractivity contribution in [3.05, 3.63) is 0 Å². The molecule has 0 rings (SSSR count). The molecule has 0 aromatic heterocycles. The first-order chi connectivity index (χ1) is 29.4. The smallest absolute Gasteiger partial charge is 0.550 e. The Hall–Kier alpha value is -0.960. The molecule has 364 valence electrons. The second kappa shape index (κ2) is 45.8. The summed E-state index contributed by atoms with van der Waals surface area (Å²) in [6, 6.07) is 0. The van der Waals surface area contributed by atoms with Crippen LogP contribution in [0.4, 0.5) is 0 Å². The van der Waals surface area contributed by atoms with Crippen LogP contribution in [-0.2, 0) is 58.5 Å². The standard InChI is InChI=1S/2C22H40O8S.2Na/c2*1-2-3-4-5-6-7-8-9-10-11-12-13-14-15-16-17-21(25)30-22(26)19(18-20(23)24)31(27,28)29;;/h2*19H,2-18H2,1H3,(H,23,24)(H,27,28,29);;/q;;2*+1/p-2. The number of hydrogen-bond donors (Lipinski definition) is 2. The first kappa shape index (κ1) is 69.6. The molecule has 0 heterocycles. The van der Waals surface area contributed by atoms with E-state index in [1.54, 1.807) is 0 Å². The zero-order chi connectivity index (χ0) is 47.1. The van der Waals surface area contributed by atoms with Crippen LogP contribution in [0.2, 0.25) is 0 Å². The predicted octanol–water partition coefficient (Wildman–Crippen LogP) is 1.44. The molecular weight excluding hydrogens is 895 g/mol. The predicted molar refractivity (Wildman–Crippen MR) is 231 cm³/mol. The van der Waals surface area contributed by atoms with Crippen LogP contribution in [0.5, 0.6) is 0 Å². The van der Waals surface area contributed by atoms with E-state index in [9.17, 15) is 55.8 Å². The molecule has 0 aromatic carbocycles. The minimum atomic E-state index is -5.00. The van der Waals surface area contributed by atoms with E-state index in [1.165, 1.54) is 128 Å². The van der Waals surface area contributed by atoms with Gasteiger partial charge in [-0.3, -0.25) is 28.3 Å². The summed E-state index contributed by atoms with van der Waals surface area (Å²) in [4.78, 5) is 67.5. The van der Waals surface area contributed by atoms with Crippen LogP contribution in [0.25, 0.3) is 0 Å². The molecule has 0 aliphatic rings. The number of rotatable bonds is 40. The van der Waals surface area contributed by atoms with Crippen LogP contribution in [-0.4, -0.2) is 72.3 Å². The molecular formula is C44H78Na2O16S2. The van der Waals surface area contributed by atoms with Gasteiger partial charge in [-0.2, -0.15) is 16.8 Å². The van der Waals surface area contributed by atoms with Gasteiger partial charge in [-0.15, -0.1) is 0 Å². The number of ether oxygens (including phenoxy) is 2. The van der Waals surface area contributed by atoms with Crippen molar-refractivity contribution in [2.75, 3.05) is 0 Å². The van der Waals surface area contributed by atoms with E-state index >= 15 is 0 Å². The minimum Gasteiger partial charge on any atom is -0.550 e. The SMILES string of the molecule is CCCCCCCCCCCCCCCCCC(=O)OC(=O)C(CC(=O)[O-])S(=O)(=O)O.CCCCCCCCCCCCCCCCCC(=O)OC(=O)C(CC(=O)[O-])S(=O)(=O)O.[Na+].[Na+]. The third kappa shape index (κ3) is 46.2. The van der Waals surface area contributed by atoms with Crippen molar-refractivity contribution in [2.24, 2.45) is 0 Å². The average Bonchev–Trinajstić information content (AvgIpc) is 3.18. The molecule has 2 N–H and O–H groups in total. The van der Waals surface area contributed by atoms with Gasteiger partial charge in [0.25, 0.3) is 20.2 Å². The summed E-state index contributed by atoms with van der Waals surface area (Å²) in [6.45, 7) is 4.46. The maximum atomic E-state index is 11.6. The Balaban J connectivity index is -0.000000545. The fourth-order valence-corrected chi connectivity index (χ4v) is 7.94. The molecule has 0 aliphatic carbocycles. The molecule has 0 spiro atoms. The van der Waals surface area contributed by atoms with Crippen LogP contribution < -0.4 is 69.3 Å². The van der Waals surface area contributed by atoms with E-state index in [0.717, 1.165) is 51.4 Å². The summed E-state index contributed by atoms with van der Waals surface area (Å²) < 4.78 is 70.7. The van der Waals surface area contributed by atoms with E-state index < -0.39 is 79.4 Å². The van der Waals surface area contributed by atoms with E-state index in [4.69, 9.17) is 9.11 Å². The molecule has 64 heavy (non-hydrogen) atoms. The van der Waals surface area contributed by atoms with Crippen molar-refractivity contribution in [1.82, 2.24) is 0 Å². The average molecular weight is 973 g/mol. The van der Waals surface area contributed by atoms with Crippen molar-refractivity contribution in [3.8, 4) is 0 Å². The van der Waals surface area contributed by atoms with Crippen molar-refractivity contribution in [3.63, 3.8) is 0 Å². The molecule has 0 aromatic rings. The molecule has 20 heteroatoms. The van der Waals surface area contributed by atoms with E-state index in [1.807, 2.05) is 0 Å². The Morgan fingerprint density at radius 3 is 0.750 bits per heavy atom. The fraction of sp³-hybridized carbons (Fsp3) is 0.864. The fourth-order valence-electron chi connectivity index (χ4n) is 6.66. The first-order valence-electron chi connectivity index (χ1n) is 23.2. The Morgan fingerprint density at radius 1 is 0.391 bits per heavy atom. The van der Waals surface area contributed by atoms with E-state index in [2.05, 4.69) is 23.3 Å². The largest absolute Gasteiger partial charge is 1.00 e. The van der Waals surface area contributed by atoms with Crippen molar-refractivity contribution in [2.45, 2.75) is 243 Å². The van der Waals surface area contributed by atoms with Gasteiger partial charge in [0, 0.05) is 37.6 Å². The topological polar surface area (TPSA) is 276 Å². The third-order valence-corrected chi connectivity index (χ3v) is 12.5. The normalized spacial score (nSPS) is 12.1. The number of carbonyl (C=O) groups is 6. The van der Waals surface area contributed by atoms with Crippen molar-refractivity contribution in [1.29, 1.82) is 0 Å². The third-order valence-electron chi connectivity index (χ3n) is 10.3. The second-order valence-electron chi connectivity index (χ2n) is 16.1. The van der Waals surface area contributed by atoms with E-state index in [0.29, 0.717) is 12.8 Å².